The summed E-state index contributed by atoms with van der Waals surface area (Å²) in [6.45, 7) is 8.17. The monoisotopic (exact) mass is 336 g/mol. The van der Waals surface area contributed by atoms with E-state index in [1.807, 2.05) is 13.8 Å². The highest BCUT2D eigenvalue weighted by Gasteiger charge is 2.47. The van der Waals surface area contributed by atoms with Gasteiger partial charge in [-0.25, -0.2) is 0 Å². The Morgan fingerprint density at radius 3 is 2.40 bits per heavy atom. The first kappa shape index (κ1) is 16.2. The van der Waals surface area contributed by atoms with Gasteiger partial charge >= 0.3 is 0 Å². The number of alkyl halides is 1. The van der Waals surface area contributed by atoms with Gasteiger partial charge in [0.1, 0.15) is 17.5 Å². The van der Waals surface area contributed by atoms with Gasteiger partial charge in [-0.3, -0.25) is 0 Å². The van der Waals surface area contributed by atoms with E-state index in [9.17, 15) is 0 Å². The summed E-state index contributed by atoms with van der Waals surface area (Å²) in [4.78, 5) is 0. The first-order valence-electron chi connectivity index (χ1n) is 6.55. The van der Waals surface area contributed by atoms with E-state index >= 15 is 0 Å². The van der Waals surface area contributed by atoms with Crippen molar-refractivity contribution in [2.75, 3.05) is 0 Å². The fourth-order valence-corrected chi connectivity index (χ4v) is 3.46. The molecule has 112 valence electrons. The molecule has 1 unspecified atom stereocenters. The van der Waals surface area contributed by atoms with Crippen molar-refractivity contribution in [2.45, 2.75) is 57.3 Å². The van der Waals surface area contributed by atoms with Crippen LogP contribution in [0.2, 0.25) is 10.0 Å². The van der Waals surface area contributed by atoms with Crippen LogP contribution in [0, 0.1) is 0 Å². The van der Waals surface area contributed by atoms with Crippen molar-refractivity contribution >= 4 is 34.8 Å². The quantitative estimate of drug-likeness (QED) is 0.682. The second-order valence-electron chi connectivity index (χ2n) is 6.29. The van der Waals surface area contributed by atoms with Crippen LogP contribution in [0.3, 0.4) is 0 Å². The van der Waals surface area contributed by atoms with E-state index in [-0.39, 0.29) is 17.3 Å². The molecule has 1 fully saturated rings. The minimum Gasteiger partial charge on any atom is -0.485 e. The molecule has 1 atom stereocenters. The van der Waals surface area contributed by atoms with Crippen LogP contribution in [-0.4, -0.2) is 17.3 Å². The first-order chi connectivity index (χ1) is 9.14. The molecule has 1 aliphatic rings. The Morgan fingerprint density at radius 1 is 1.25 bits per heavy atom. The van der Waals surface area contributed by atoms with Crippen molar-refractivity contribution in [2.24, 2.45) is 0 Å². The topological polar surface area (TPSA) is 18.5 Å². The Hall–Kier alpha value is -0.150. The van der Waals surface area contributed by atoms with Gasteiger partial charge in [0, 0.05) is 17.0 Å². The Morgan fingerprint density at radius 2 is 1.90 bits per heavy atom. The molecule has 0 N–H and O–H groups in total. The molecule has 2 nitrogen and oxygen atoms in total. The van der Waals surface area contributed by atoms with Gasteiger partial charge in [0.25, 0.3) is 0 Å². The Balaban J connectivity index is 2.31. The van der Waals surface area contributed by atoms with E-state index in [0.29, 0.717) is 21.7 Å². The molecule has 0 saturated carbocycles. The van der Waals surface area contributed by atoms with E-state index in [1.54, 1.807) is 12.1 Å². The average molecular weight is 338 g/mol. The zero-order chi connectivity index (χ0) is 15.1. The summed E-state index contributed by atoms with van der Waals surface area (Å²) in [6, 6.07) is 3.45. The van der Waals surface area contributed by atoms with Crippen LogP contribution in [0.15, 0.2) is 12.1 Å². The van der Waals surface area contributed by atoms with Crippen molar-refractivity contribution in [1.29, 1.82) is 0 Å². The molecule has 1 aromatic carbocycles. The lowest BCUT2D eigenvalue weighted by Crippen LogP contribution is -2.37. The third-order valence-electron chi connectivity index (χ3n) is 3.48. The molecule has 1 heterocycles. The highest BCUT2D eigenvalue weighted by Crippen LogP contribution is 2.42. The van der Waals surface area contributed by atoms with Crippen LogP contribution in [0.5, 0.6) is 5.75 Å². The molecule has 1 saturated heterocycles. The third kappa shape index (κ3) is 3.36. The van der Waals surface area contributed by atoms with Crippen LogP contribution >= 0.6 is 34.8 Å². The molecule has 1 aromatic rings. The van der Waals surface area contributed by atoms with Gasteiger partial charge in [-0.05, 0) is 39.8 Å². The smallest absolute Gasteiger partial charge is 0.142 e. The van der Waals surface area contributed by atoms with Crippen LogP contribution in [-0.2, 0) is 10.6 Å². The molecule has 0 aliphatic carbocycles. The minimum atomic E-state index is -0.379. The number of hydrogen-bond donors (Lipinski definition) is 0. The lowest BCUT2D eigenvalue weighted by Gasteiger charge is -2.28. The molecule has 5 heteroatoms. The summed E-state index contributed by atoms with van der Waals surface area (Å²) in [5.74, 6) is 0.901. The second-order valence-corrected chi connectivity index (χ2v) is 7.40. The van der Waals surface area contributed by atoms with Crippen LogP contribution in [0.4, 0.5) is 0 Å². The summed E-state index contributed by atoms with van der Waals surface area (Å²) in [7, 11) is 0. The molecular formula is C15H19Cl3O2. The summed E-state index contributed by atoms with van der Waals surface area (Å²) in [5, 5.41) is 1.04. The molecule has 2 rings (SSSR count). The maximum atomic E-state index is 6.25. The Bertz CT molecular complexity index is 512. The maximum Gasteiger partial charge on any atom is 0.142 e. The number of ether oxygens (including phenoxy) is 2. The van der Waals surface area contributed by atoms with Gasteiger partial charge in [0.15, 0.2) is 0 Å². The molecule has 20 heavy (non-hydrogen) atoms. The summed E-state index contributed by atoms with van der Waals surface area (Å²) in [5.41, 5.74) is 0.203. The third-order valence-corrected chi connectivity index (χ3v) is 4.27. The molecule has 0 radical (unpaired) electrons. The highest BCUT2D eigenvalue weighted by atomic mass is 35.5. The number of hydrogen-bond acceptors (Lipinski definition) is 2. The zero-order valence-corrected chi connectivity index (χ0v) is 14.4. The zero-order valence-electron chi connectivity index (χ0n) is 12.1. The fraction of sp³-hybridized carbons (Fsp3) is 0.600. The van der Waals surface area contributed by atoms with Gasteiger partial charge in [0.2, 0.25) is 0 Å². The lowest BCUT2D eigenvalue weighted by atomic mass is 9.97. The first-order valence-corrected chi connectivity index (χ1v) is 7.84. The highest BCUT2D eigenvalue weighted by molar-refractivity contribution is 6.36. The summed E-state index contributed by atoms with van der Waals surface area (Å²) >= 11 is 18.2. The molecule has 0 amide bonds. The van der Waals surface area contributed by atoms with Gasteiger partial charge < -0.3 is 9.47 Å². The van der Waals surface area contributed by atoms with Crippen molar-refractivity contribution in [1.82, 2.24) is 0 Å². The van der Waals surface area contributed by atoms with Crippen molar-refractivity contribution in [3.05, 3.63) is 27.7 Å². The standard InChI is InChI=1S/C15H19Cl3O2/c1-14(2)7-12(15(3,4)20-14)19-13-9(8-16)5-10(17)6-11(13)18/h5-6,12H,7-8H2,1-4H3. The summed E-state index contributed by atoms with van der Waals surface area (Å²) in [6.07, 6.45) is 0.707. The summed E-state index contributed by atoms with van der Waals surface area (Å²) < 4.78 is 12.2. The van der Waals surface area contributed by atoms with Gasteiger partial charge in [0.05, 0.1) is 16.5 Å². The predicted octanol–water partition coefficient (Wildman–Crippen LogP) is 5.46. The Kier molecular flexibility index (Phi) is 4.52. The molecule has 0 bridgehead atoms. The number of benzene rings is 1. The van der Waals surface area contributed by atoms with Gasteiger partial charge in [-0.2, -0.15) is 0 Å². The van der Waals surface area contributed by atoms with E-state index in [2.05, 4.69) is 13.8 Å². The lowest BCUT2D eigenvalue weighted by molar-refractivity contribution is -0.0846. The van der Waals surface area contributed by atoms with Crippen LogP contribution in [0.1, 0.15) is 39.7 Å². The van der Waals surface area contributed by atoms with E-state index in [4.69, 9.17) is 44.3 Å². The second kappa shape index (κ2) is 5.57. The predicted molar refractivity (Wildman–Crippen MR) is 84.3 cm³/mol. The maximum absolute atomic E-state index is 6.25. The average Bonchev–Trinajstić information content (AvgIpc) is 2.49. The molecular weight excluding hydrogens is 319 g/mol. The van der Waals surface area contributed by atoms with E-state index in [1.165, 1.54) is 0 Å². The molecule has 0 spiro atoms. The molecule has 1 aliphatic heterocycles. The minimum absolute atomic E-state index is 0.0851. The molecule has 0 aromatic heterocycles. The van der Waals surface area contributed by atoms with Crippen LogP contribution < -0.4 is 4.74 Å². The van der Waals surface area contributed by atoms with Crippen molar-refractivity contribution in [3.63, 3.8) is 0 Å². The number of halogens is 3. The van der Waals surface area contributed by atoms with Gasteiger partial charge in [-0.15, -0.1) is 11.6 Å². The van der Waals surface area contributed by atoms with E-state index < -0.39 is 0 Å². The fourth-order valence-electron chi connectivity index (χ4n) is 2.68. The normalized spacial score (nSPS) is 23.9. The van der Waals surface area contributed by atoms with Gasteiger partial charge in [-0.1, -0.05) is 23.2 Å². The number of rotatable bonds is 3. The largest absolute Gasteiger partial charge is 0.485 e. The van der Waals surface area contributed by atoms with Crippen molar-refractivity contribution < 1.29 is 9.47 Å². The SMILES string of the molecule is CC1(C)CC(Oc2c(Cl)cc(Cl)cc2CCl)C(C)(C)O1. The Labute approximate surface area is 135 Å². The van der Waals surface area contributed by atoms with E-state index in [0.717, 1.165) is 12.0 Å². The van der Waals surface area contributed by atoms with Crippen LogP contribution in [0.25, 0.3) is 0 Å². The van der Waals surface area contributed by atoms with Crippen molar-refractivity contribution in [3.8, 4) is 5.75 Å².